The fourth-order valence-corrected chi connectivity index (χ4v) is 0.877. The third kappa shape index (κ3) is 1.67. The molecule has 3 heteroatoms. The Hall–Kier alpha value is -0.590. The number of nitriles is 1. The number of nitrogens with one attached hydrogen (secondary N) is 1. The average molecular weight is 126 g/mol. The van der Waals surface area contributed by atoms with E-state index in [0.717, 1.165) is 6.61 Å². The summed E-state index contributed by atoms with van der Waals surface area (Å²) < 4.78 is 5.10. The van der Waals surface area contributed by atoms with Gasteiger partial charge in [0.1, 0.15) is 6.04 Å². The Kier molecular flexibility index (Phi) is 2.04. The Morgan fingerprint density at radius 2 is 2.44 bits per heavy atom. The van der Waals surface area contributed by atoms with Crippen LogP contribution in [0.3, 0.4) is 0 Å². The van der Waals surface area contributed by atoms with Crippen LogP contribution < -0.4 is 5.32 Å². The van der Waals surface area contributed by atoms with Crippen molar-refractivity contribution >= 4 is 0 Å². The maximum Gasteiger partial charge on any atom is 0.119 e. The van der Waals surface area contributed by atoms with Crippen LogP contribution in [0.5, 0.6) is 0 Å². The molecule has 1 aliphatic heterocycles. The number of morpholine rings is 1. The molecule has 2 atom stereocenters. The van der Waals surface area contributed by atoms with Crippen molar-refractivity contribution in [1.29, 1.82) is 5.26 Å². The quantitative estimate of drug-likeness (QED) is 0.492. The van der Waals surface area contributed by atoms with Crippen molar-refractivity contribution in [3.63, 3.8) is 0 Å². The van der Waals surface area contributed by atoms with E-state index >= 15 is 0 Å². The molecule has 1 aliphatic rings. The molecule has 0 saturated carbocycles. The molecule has 2 unspecified atom stereocenters. The summed E-state index contributed by atoms with van der Waals surface area (Å²) in [5, 5.41) is 11.5. The molecule has 0 aromatic heterocycles. The molecule has 9 heavy (non-hydrogen) atoms. The lowest BCUT2D eigenvalue weighted by Gasteiger charge is -2.23. The molecule has 0 aliphatic carbocycles. The van der Waals surface area contributed by atoms with Crippen LogP contribution in [0.15, 0.2) is 0 Å². The van der Waals surface area contributed by atoms with E-state index in [2.05, 4.69) is 11.4 Å². The lowest BCUT2D eigenvalue weighted by molar-refractivity contribution is 0.0653. The molecule has 0 bridgehead atoms. The molecular weight excluding hydrogens is 116 g/mol. The first-order valence-electron chi connectivity index (χ1n) is 3.06. The molecule has 0 spiro atoms. The number of ether oxygens (including phenoxy) is 1. The fraction of sp³-hybridized carbons (Fsp3) is 0.833. The number of hydrogen-bond acceptors (Lipinski definition) is 3. The SMILES string of the molecule is CC1COCC(C#N)N1. The van der Waals surface area contributed by atoms with Crippen LogP contribution in [0.25, 0.3) is 0 Å². The monoisotopic (exact) mass is 126 g/mol. The molecule has 0 aromatic carbocycles. The zero-order valence-electron chi connectivity index (χ0n) is 5.42. The van der Waals surface area contributed by atoms with Gasteiger partial charge in [-0.05, 0) is 6.92 Å². The summed E-state index contributed by atoms with van der Waals surface area (Å²) in [5.41, 5.74) is 0. The summed E-state index contributed by atoms with van der Waals surface area (Å²) in [4.78, 5) is 0. The van der Waals surface area contributed by atoms with Gasteiger partial charge in [-0.3, -0.25) is 5.32 Å². The van der Waals surface area contributed by atoms with Crippen LogP contribution in [0.4, 0.5) is 0 Å². The molecule has 3 nitrogen and oxygen atoms in total. The van der Waals surface area contributed by atoms with E-state index in [4.69, 9.17) is 10.00 Å². The smallest absolute Gasteiger partial charge is 0.119 e. The maximum atomic E-state index is 8.42. The van der Waals surface area contributed by atoms with E-state index in [9.17, 15) is 0 Å². The molecule has 1 saturated heterocycles. The van der Waals surface area contributed by atoms with Gasteiger partial charge in [0.2, 0.25) is 0 Å². The second kappa shape index (κ2) is 2.81. The Labute approximate surface area is 54.6 Å². The van der Waals surface area contributed by atoms with Crippen molar-refractivity contribution in [1.82, 2.24) is 5.32 Å². The van der Waals surface area contributed by atoms with Gasteiger partial charge in [0.05, 0.1) is 19.3 Å². The summed E-state index contributed by atoms with van der Waals surface area (Å²) in [6, 6.07) is 2.32. The van der Waals surface area contributed by atoms with E-state index in [1.165, 1.54) is 0 Å². The van der Waals surface area contributed by atoms with E-state index in [1.807, 2.05) is 6.92 Å². The van der Waals surface area contributed by atoms with Crippen molar-refractivity contribution in [3.8, 4) is 6.07 Å². The fourth-order valence-electron chi connectivity index (χ4n) is 0.877. The highest BCUT2D eigenvalue weighted by Gasteiger charge is 2.16. The minimum absolute atomic E-state index is 0.103. The van der Waals surface area contributed by atoms with Crippen molar-refractivity contribution in [2.24, 2.45) is 0 Å². The first kappa shape index (κ1) is 6.53. The summed E-state index contributed by atoms with van der Waals surface area (Å²) in [5.74, 6) is 0. The van der Waals surface area contributed by atoms with E-state index < -0.39 is 0 Å². The normalized spacial score (nSPS) is 35.6. The highest BCUT2D eigenvalue weighted by Crippen LogP contribution is 1.96. The molecule has 50 valence electrons. The largest absolute Gasteiger partial charge is 0.377 e. The van der Waals surface area contributed by atoms with E-state index in [1.54, 1.807) is 0 Å². The Balaban J connectivity index is 2.34. The third-order valence-corrected chi connectivity index (χ3v) is 1.29. The van der Waals surface area contributed by atoms with Gasteiger partial charge in [0.25, 0.3) is 0 Å². The first-order valence-corrected chi connectivity index (χ1v) is 3.06. The number of hydrogen-bond donors (Lipinski definition) is 1. The van der Waals surface area contributed by atoms with E-state index in [0.29, 0.717) is 12.6 Å². The highest BCUT2D eigenvalue weighted by molar-refractivity contribution is 4.93. The Morgan fingerprint density at radius 3 is 2.89 bits per heavy atom. The minimum Gasteiger partial charge on any atom is -0.377 e. The lowest BCUT2D eigenvalue weighted by Crippen LogP contribution is -2.46. The van der Waals surface area contributed by atoms with Crippen LogP contribution in [0.1, 0.15) is 6.92 Å². The van der Waals surface area contributed by atoms with Crippen LogP contribution >= 0.6 is 0 Å². The molecule has 1 rings (SSSR count). The maximum absolute atomic E-state index is 8.42. The summed E-state index contributed by atoms with van der Waals surface area (Å²) in [6.07, 6.45) is 0. The number of nitrogens with zero attached hydrogens (tertiary/aromatic N) is 1. The van der Waals surface area contributed by atoms with Crippen molar-refractivity contribution in [2.45, 2.75) is 19.0 Å². The third-order valence-electron chi connectivity index (χ3n) is 1.29. The van der Waals surface area contributed by atoms with Gasteiger partial charge in [-0.2, -0.15) is 5.26 Å². The zero-order valence-corrected chi connectivity index (χ0v) is 5.42. The molecule has 1 heterocycles. The summed E-state index contributed by atoms with van der Waals surface area (Å²) in [7, 11) is 0. The second-order valence-corrected chi connectivity index (χ2v) is 2.29. The molecule has 0 amide bonds. The summed E-state index contributed by atoms with van der Waals surface area (Å²) in [6.45, 7) is 3.25. The lowest BCUT2D eigenvalue weighted by atomic mass is 10.2. The Morgan fingerprint density at radius 1 is 1.67 bits per heavy atom. The predicted molar refractivity (Wildman–Crippen MR) is 32.8 cm³/mol. The van der Waals surface area contributed by atoms with Crippen molar-refractivity contribution in [2.75, 3.05) is 13.2 Å². The molecule has 1 fully saturated rings. The molecule has 0 aromatic rings. The van der Waals surface area contributed by atoms with Crippen LogP contribution in [0, 0.1) is 11.3 Å². The van der Waals surface area contributed by atoms with Crippen molar-refractivity contribution < 1.29 is 4.74 Å². The van der Waals surface area contributed by atoms with Crippen LogP contribution in [0.2, 0.25) is 0 Å². The predicted octanol–water partition coefficient (Wildman–Crippen LogP) is -0.113. The van der Waals surface area contributed by atoms with Crippen molar-refractivity contribution in [3.05, 3.63) is 0 Å². The molecule has 0 radical (unpaired) electrons. The molecular formula is C6H10N2O. The first-order chi connectivity index (χ1) is 4.33. The Bertz CT molecular complexity index is 130. The van der Waals surface area contributed by atoms with Gasteiger partial charge in [-0.25, -0.2) is 0 Å². The standard InChI is InChI=1S/C6H10N2O/c1-5-3-9-4-6(2-7)8-5/h5-6,8H,3-4H2,1H3. The number of rotatable bonds is 0. The zero-order chi connectivity index (χ0) is 6.69. The van der Waals surface area contributed by atoms with E-state index in [-0.39, 0.29) is 6.04 Å². The topological polar surface area (TPSA) is 45.0 Å². The van der Waals surface area contributed by atoms with Gasteiger partial charge >= 0.3 is 0 Å². The highest BCUT2D eigenvalue weighted by atomic mass is 16.5. The second-order valence-electron chi connectivity index (χ2n) is 2.29. The van der Waals surface area contributed by atoms with Gasteiger partial charge in [0, 0.05) is 6.04 Å². The van der Waals surface area contributed by atoms with Gasteiger partial charge < -0.3 is 4.74 Å². The minimum atomic E-state index is -0.103. The average Bonchev–Trinajstić information content (AvgIpc) is 1.88. The van der Waals surface area contributed by atoms with Gasteiger partial charge in [-0.15, -0.1) is 0 Å². The summed E-state index contributed by atoms with van der Waals surface area (Å²) >= 11 is 0. The van der Waals surface area contributed by atoms with Gasteiger partial charge in [-0.1, -0.05) is 0 Å². The van der Waals surface area contributed by atoms with Crippen LogP contribution in [-0.2, 0) is 4.74 Å². The van der Waals surface area contributed by atoms with Gasteiger partial charge in [0.15, 0.2) is 0 Å². The molecule has 1 N–H and O–H groups in total. The van der Waals surface area contributed by atoms with Crippen LogP contribution in [-0.4, -0.2) is 25.3 Å².